The van der Waals surface area contributed by atoms with Crippen molar-refractivity contribution in [3.63, 3.8) is 0 Å². The molecule has 0 saturated heterocycles. The van der Waals surface area contributed by atoms with Gasteiger partial charge in [-0.3, -0.25) is 4.79 Å². The molecule has 100 valence electrons. The van der Waals surface area contributed by atoms with E-state index in [0.717, 1.165) is 6.26 Å². The summed E-state index contributed by atoms with van der Waals surface area (Å²) >= 11 is 0. The Morgan fingerprint density at radius 1 is 1.39 bits per heavy atom. The Morgan fingerprint density at radius 3 is 2.44 bits per heavy atom. The molecule has 0 fully saturated rings. The van der Waals surface area contributed by atoms with Gasteiger partial charge in [-0.1, -0.05) is 18.2 Å². The van der Waals surface area contributed by atoms with Crippen molar-refractivity contribution in [2.24, 2.45) is 0 Å². The van der Waals surface area contributed by atoms with Gasteiger partial charge in [0, 0.05) is 25.4 Å². The first-order valence-electron chi connectivity index (χ1n) is 5.44. The number of aromatic hydroxyl groups is 1. The maximum Gasteiger partial charge on any atom is 0.240 e. The van der Waals surface area contributed by atoms with E-state index in [4.69, 9.17) is 0 Å². The van der Waals surface area contributed by atoms with E-state index in [1.54, 1.807) is 18.2 Å². The Morgan fingerprint density at radius 2 is 1.94 bits per heavy atom. The molecule has 0 spiro atoms. The molecule has 0 unspecified atom stereocenters. The number of amides is 1. The van der Waals surface area contributed by atoms with Gasteiger partial charge >= 0.3 is 0 Å². The predicted molar refractivity (Wildman–Crippen MR) is 68.9 cm³/mol. The minimum absolute atomic E-state index is 0.0872. The number of benzene rings is 1. The highest BCUT2D eigenvalue weighted by molar-refractivity contribution is 7.92. The van der Waals surface area contributed by atoms with Crippen LogP contribution in [0.3, 0.4) is 0 Å². The third kappa shape index (κ3) is 3.46. The molecule has 0 bridgehead atoms. The Balaban J connectivity index is 2.81. The first-order chi connectivity index (χ1) is 8.23. The van der Waals surface area contributed by atoms with Crippen molar-refractivity contribution in [1.29, 1.82) is 0 Å². The molecule has 1 N–H and O–H groups in total. The first-order valence-corrected chi connectivity index (χ1v) is 7.39. The lowest BCUT2D eigenvalue weighted by atomic mass is 10.2. The van der Waals surface area contributed by atoms with Gasteiger partial charge in [0.1, 0.15) is 11.0 Å². The molecule has 6 heteroatoms. The molecule has 0 saturated carbocycles. The van der Waals surface area contributed by atoms with Crippen molar-refractivity contribution >= 4 is 15.7 Å². The quantitative estimate of drug-likeness (QED) is 0.878. The van der Waals surface area contributed by atoms with Crippen molar-refractivity contribution < 1.29 is 18.3 Å². The van der Waals surface area contributed by atoms with Gasteiger partial charge in [0.15, 0.2) is 9.84 Å². The van der Waals surface area contributed by atoms with Crippen molar-refractivity contribution in [3.05, 3.63) is 29.8 Å². The highest BCUT2D eigenvalue weighted by Crippen LogP contribution is 2.17. The number of hydrogen-bond acceptors (Lipinski definition) is 4. The second kappa shape index (κ2) is 5.39. The molecule has 0 aliphatic heterocycles. The van der Waals surface area contributed by atoms with Crippen molar-refractivity contribution in [1.82, 2.24) is 4.90 Å². The van der Waals surface area contributed by atoms with E-state index in [-0.39, 0.29) is 12.3 Å². The van der Waals surface area contributed by atoms with Crippen LogP contribution in [0.25, 0.3) is 0 Å². The average Bonchev–Trinajstić information content (AvgIpc) is 2.29. The lowest BCUT2D eigenvalue weighted by Crippen LogP contribution is -2.38. The molecular weight excluding hydrogens is 254 g/mol. The van der Waals surface area contributed by atoms with Gasteiger partial charge in [0.25, 0.3) is 0 Å². The fourth-order valence-electron chi connectivity index (χ4n) is 1.47. The molecule has 0 radical (unpaired) electrons. The largest absolute Gasteiger partial charge is 0.508 e. The second-order valence-electron chi connectivity index (χ2n) is 4.29. The van der Waals surface area contributed by atoms with E-state index in [2.05, 4.69) is 0 Å². The summed E-state index contributed by atoms with van der Waals surface area (Å²) in [6.45, 7) is 1.53. The van der Waals surface area contributed by atoms with E-state index < -0.39 is 21.0 Å². The number of nitrogens with zero attached hydrogens (tertiary/aromatic N) is 1. The third-order valence-corrected chi connectivity index (χ3v) is 4.25. The lowest BCUT2D eigenvalue weighted by Gasteiger charge is -2.21. The molecule has 1 aromatic rings. The normalized spacial score (nSPS) is 13.1. The summed E-state index contributed by atoms with van der Waals surface area (Å²) in [4.78, 5) is 13.2. The minimum Gasteiger partial charge on any atom is -0.508 e. The van der Waals surface area contributed by atoms with Crippen LogP contribution in [0, 0.1) is 0 Å². The Labute approximate surface area is 107 Å². The topological polar surface area (TPSA) is 74.7 Å². The zero-order chi connectivity index (χ0) is 13.9. The summed E-state index contributed by atoms with van der Waals surface area (Å²) < 4.78 is 22.6. The Kier molecular flexibility index (Phi) is 4.34. The number of carbonyl (C=O) groups is 1. The summed E-state index contributed by atoms with van der Waals surface area (Å²) in [5.41, 5.74) is 0.578. The number of rotatable bonds is 4. The van der Waals surface area contributed by atoms with Crippen LogP contribution in [0.5, 0.6) is 5.75 Å². The average molecular weight is 271 g/mol. The minimum atomic E-state index is -3.40. The Hall–Kier alpha value is -1.56. The van der Waals surface area contributed by atoms with E-state index in [1.165, 1.54) is 24.9 Å². The Bertz CT molecular complexity index is 539. The molecule has 0 aliphatic rings. The van der Waals surface area contributed by atoms with E-state index in [0.29, 0.717) is 5.56 Å². The van der Waals surface area contributed by atoms with Crippen LogP contribution in [0.4, 0.5) is 0 Å². The maximum absolute atomic E-state index is 11.9. The molecule has 1 atom stereocenters. The number of hydrogen-bond donors (Lipinski definition) is 1. The van der Waals surface area contributed by atoms with Gasteiger partial charge in [-0.15, -0.1) is 0 Å². The smallest absolute Gasteiger partial charge is 0.240 e. The summed E-state index contributed by atoms with van der Waals surface area (Å²) in [6, 6.07) is 6.63. The first kappa shape index (κ1) is 14.5. The van der Waals surface area contributed by atoms with Gasteiger partial charge in [-0.25, -0.2) is 8.42 Å². The van der Waals surface area contributed by atoms with Crippen LogP contribution in [0.15, 0.2) is 24.3 Å². The SMILES string of the molecule is C[C@@H](C(=O)N(C)Cc1ccccc1O)S(C)(=O)=O. The van der Waals surface area contributed by atoms with Crippen molar-refractivity contribution in [2.45, 2.75) is 18.7 Å². The van der Waals surface area contributed by atoms with E-state index in [9.17, 15) is 18.3 Å². The number of phenols is 1. The highest BCUT2D eigenvalue weighted by Gasteiger charge is 2.26. The van der Waals surface area contributed by atoms with Gasteiger partial charge in [-0.05, 0) is 13.0 Å². The van der Waals surface area contributed by atoms with Crippen LogP contribution >= 0.6 is 0 Å². The molecule has 0 heterocycles. The van der Waals surface area contributed by atoms with Crippen LogP contribution in [-0.2, 0) is 21.2 Å². The monoisotopic (exact) mass is 271 g/mol. The van der Waals surface area contributed by atoms with Crippen LogP contribution in [0.2, 0.25) is 0 Å². The van der Waals surface area contributed by atoms with Crippen molar-refractivity contribution in [2.75, 3.05) is 13.3 Å². The molecule has 1 rings (SSSR count). The molecule has 0 aliphatic carbocycles. The third-order valence-electron chi connectivity index (χ3n) is 2.77. The molecular formula is C12H17NO4S. The molecule has 1 aromatic carbocycles. The van der Waals surface area contributed by atoms with Gasteiger partial charge < -0.3 is 10.0 Å². The standard InChI is InChI=1S/C12H17NO4S/c1-9(18(3,16)17)12(15)13(2)8-10-6-4-5-7-11(10)14/h4-7,9,14H,8H2,1-3H3/t9-/m0/s1. The number of phenolic OH excluding ortho intramolecular Hbond substituents is 1. The number of para-hydroxylation sites is 1. The molecule has 5 nitrogen and oxygen atoms in total. The number of carbonyl (C=O) groups excluding carboxylic acids is 1. The van der Waals surface area contributed by atoms with Crippen molar-refractivity contribution in [3.8, 4) is 5.75 Å². The summed E-state index contributed by atoms with van der Waals surface area (Å²) in [7, 11) is -1.89. The lowest BCUT2D eigenvalue weighted by molar-refractivity contribution is -0.129. The maximum atomic E-state index is 11.9. The van der Waals surface area contributed by atoms with Crippen LogP contribution in [0.1, 0.15) is 12.5 Å². The number of sulfone groups is 1. The van der Waals surface area contributed by atoms with Gasteiger partial charge in [-0.2, -0.15) is 0 Å². The van der Waals surface area contributed by atoms with Crippen LogP contribution in [-0.4, -0.2) is 42.9 Å². The highest BCUT2D eigenvalue weighted by atomic mass is 32.2. The molecule has 1 amide bonds. The fourth-order valence-corrected chi connectivity index (χ4v) is 2.02. The summed E-state index contributed by atoms with van der Waals surface area (Å²) in [5, 5.41) is 8.51. The fraction of sp³-hybridized carbons (Fsp3) is 0.417. The summed E-state index contributed by atoms with van der Waals surface area (Å²) in [6.07, 6.45) is 1.03. The van der Waals surface area contributed by atoms with E-state index >= 15 is 0 Å². The van der Waals surface area contributed by atoms with E-state index in [1.807, 2.05) is 0 Å². The van der Waals surface area contributed by atoms with Crippen LogP contribution < -0.4 is 0 Å². The zero-order valence-electron chi connectivity index (χ0n) is 10.6. The zero-order valence-corrected chi connectivity index (χ0v) is 11.4. The van der Waals surface area contributed by atoms with Gasteiger partial charge in [0.05, 0.1) is 0 Å². The second-order valence-corrected chi connectivity index (χ2v) is 6.66. The van der Waals surface area contributed by atoms with Gasteiger partial charge in [0.2, 0.25) is 5.91 Å². The molecule has 0 aromatic heterocycles. The summed E-state index contributed by atoms with van der Waals surface area (Å²) in [5.74, 6) is -0.398. The predicted octanol–water partition coefficient (Wildman–Crippen LogP) is 0.784. The molecule has 18 heavy (non-hydrogen) atoms.